The van der Waals surface area contributed by atoms with E-state index < -0.39 is 0 Å². The van der Waals surface area contributed by atoms with E-state index >= 15 is 0 Å². The highest BCUT2D eigenvalue weighted by atomic mass is 32.1. The third-order valence-electron chi connectivity index (χ3n) is 1.45. The Hall–Kier alpha value is -1.33. The molecule has 0 saturated carbocycles. The summed E-state index contributed by atoms with van der Waals surface area (Å²) in [6, 6.07) is 5.07. The normalized spacial score (nSPS) is 9.38. The van der Waals surface area contributed by atoms with Gasteiger partial charge >= 0.3 is 0 Å². The Balaban J connectivity index is 2.83. The molecule has 5 heteroatoms. The van der Waals surface area contributed by atoms with Crippen LogP contribution in [-0.2, 0) is 0 Å². The number of hydrazine groups is 1. The first-order chi connectivity index (χ1) is 6.11. The van der Waals surface area contributed by atoms with E-state index in [1.165, 1.54) is 0 Å². The summed E-state index contributed by atoms with van der Waals surface area (Å²) in [5, 5.41) is 12.4. The van der Waals surface area contributed by atoms with E-state index in [4.69, 9.17) is 18.1 Å². The summed E-state index contributed by atoms with van der Waals surface area (Å²) in [5.74, 6) is 5.28. The Morgan fingerprint density at radius 3 is 2.69 bits per heavy atom. The molecule has 0 heterocycles. The Bertz CT molecular complexity index is 307. The largest absolute Gasteiger partial charge is 0.508 e. The molecule has 0 amide bonds. The lowest BCUT2D eigenvalue weighted by molar-refractivity contribution is 0.475. The molecule has 0 radical (unpaired) electrons. The molecule has 0 saturated heterocycles. The fourth-order valence-electron chi connectivity index (χ4n) is 1.00. The first-order valence-corrected chi connectivity index (χ1v) is 4.11. The van der Waals surface area contributed by atoms with Crippen LogP contribution in [-0.4, -0.2) is 10.2 Å². The molecule has 0 aliphatic rings. The van der Waals surface area contributed by atoms with Crippen molar-refractivity contribution in [1.82, 2.24) is 5.43 Å². The van der Waals surface area contributed by atoms with Gasteiger partial charge in [-0.25, -0.2) is 5.84 Å². The maximum atomic E-state index is 9.24. The minimum Gasteiger partial charge on any atom is -0.508 e. The third kappa shape index (κ3) is 2.89. The average Bonchev–Trinajstić information content (AvgIpc) is 2.02. The third-order valence-corrected chi connectivity index (χ3v) is 1.67. The number of hydrogen-bond acceptors (Lipinski definition) is 3. The van der Waals surface area contributed by atoms with Crippen molar-refractivity contribution in [1.29, 1.82) is 0 Å². The first kappa shape index (κ1) is 9.76. The molecule has 0 aromatic heterocycles. The van der Waals surface area contributed by atoms with Crippen molar-refractivity contribution in [3.8, 4) is 5.75 Å². The molecule has 0 fully saturated rings. The minimum absolute atomic E-state index is 0.197. The summed E-state index contributed by atoms with van der Waals surface area (Å²) in [6.07, 6.45) is 0. The smallest absolute Gasteiger partial charge is 0.185 e. The number of nitrogens with two attached hydrogens (primary N) is 1. The maximum absolute atomic E-state index is 9.24. The van der Waals surface area contributed by atoms with Crippen LogP contribution >= 0.6 is 12.2 Å². The number of hydrogen-bond donors (Lipinski definition) is 4. The van der Waals surface area contributed by atoms with Crippen LogP contribution in [0.15, 0.2) is 18.2 Å². The van der Waals surface area contributed by atoms with E-state index in [0.29, 0.717) is 10.8 Å². The van der Waals surface area contributed by atoms with Crippen LogP contribution in [0.4, 0.5) is 5.69 Å². The summed E-state index contributed by atoms with van der Waals surface area (Å²) < 4.78 is 0. The average molecular weight is 197 g/mol. The molecule has 0 aliphatic heterocycles. The summed E-state index contributed by atoms with van der Waals surface area (Å²) >= 11 is 4.79. The number of phenolic OH excluding ortho intramolecular Hbond substituents is 1. The molecule has 1 aromatic rings. The Kier molecular flexibility index (Phi) is 3.05. The second kappa shape index (κ2) is 4.06. The van der Waals surface area contributed by atoms with Crippen molar-refractivity contribution in [2.75, 3.05) is 5.32 Å². The lowest BCUT2D eigenvalue weighted by Gasteiger charge is -2.07. The van der Waals surface area contributed by atoms with E-state index in [1.807, 2.05) is 13.0 Å². The van der Waals surface area contributed by atoms with Crippen LogP contribution in [0.5, 0.6) is 5.75 Å². The van der Waals surface area contributed by atoms with Gasteiger partial charge in [-0.05, 0) is 36.8 Å². The monoisotopic (exact) mass is 197 g/mol. The van der Waals surface area contributed by atoms with Gasteiger partial charge in [0.15, 0.2) is 5.11 Å². The summed E-state index contributed by atoms with van der Waals surface area (Å²) in [4.78, 5) is 0. The van der Waals surface area contributed by atoms with Crippen molar-refractivity contribution < 1.29 is 5.11 Å². The number of rotatable bonds is 1. The topological polar surface area (TPSA) is 70.3 Å². The molecule has 13 heavy (non-hydrogen) atoms. The van der Waals surface area contributed by atoms with Crippen LogP contribution in [0.2, 0.25) is 0 Å². The van der Waals surface area contributed by atoms with Crippen molar-refractivity contribution in [2.24, 2.45) is 5.84 Å². The fraction of sp³-hybridized carbons (Fsp3) is 0.125. The molecule has 5 N–H and O–H groups in total. The Labute approximate surface area is 81.7 Å². The zero-order valence-electron chi connectivity index (χ0n) is 7.16. The van der Waals surface area contributed by atoms with Gasteiger partial charge in [0.25, 0.3) is 0 Å². The standard InChI is InChI=1S/C8H11N3OS/c1-5-2-6(4-7(12)3-5)10-8(13)11-9/h2-4,12H,9H2,1H3,(H2,10,11,13). The van der Waals surface area contributed by atoms with E-state index in [0.717, 1.165) is 5.56 Å². The number of anilines is 1. The van der Waals surface area contributed by atoms with Gasteiger partial charge in [0.05, 0.1) is 0 Å². The predicted molar refractivity (Wildman–Crippen MR) is 56.4 cm³/mol. The quantitative estimate of drug-likeness (QED) is 0.305. The van der Waals surface area contributed by atoms with Gasteiger partial charge in [-0.2, -0.15) is 0 Å². The zero-order valence-corrected chi connectivity index (χ0v) is 7.98. The second-order valence-electron chi connectivity index (χ2n) is 2.66. The number of aromatic hydroxyl groups is 1. The van der Waals surface area contributed by atoms with Gasteiger partial charge in [-0.3, -0.25) is 0 Å². The van der Waals surface area contributed by atoms with Gasteiger partial charge < -0.3 is 15.8 Å². The SMILES string of the molecule is Cc1cc(O)cc(NC(=S)NN)c1. The Morgan fingerprint density at radius 2 is 2.15 bits per heavy atom. The number of thiocarbonyl (C=S) groups is 1. The van der Waals surface area contributed by atoms with Crippen molar-refractivity contribution in [3.63, 3.8) is 0 Å². The number of benzene rings is 1. The molecule has 1 aromatic carbocycles. The van der Waals surface area contributed by atoms with Gasteiger partial charge in [0.1, 0.15) is 5.75 Å². The molecule has 70 valence electrons. The van der Waals surface area contributed by atoms with Crippen LogP contribution in [0.3, 0.4) is 0 Å². The highest BCUT2D eigenvalue weighted by Gasteiger charge is 1.98. The molecular weight excluding hydrogens is 186 g/mol. The summed E-state index contributed by atoms with van der Waals surface area (Å²) in [6.45, 7) is 1.88. The van der Waals surface area contributed by atoms with Gasteiger partial charge in [-0.15, -0.1) is 0 Å². The van der Waals surface area contributed by atoms with Crippen LogP contribution in [0.25, 0.3) is 0 Å². The second-order valence-corrected chi connectivity index (χ2v) is 3.06. The molecule has 0 aliphatic carbocycles. The number of nitrogens with one attached hydrogen (secondary N) is 2. The molecule has 0 atom stereocenters. The van der Waals surface area contributed by atoms with Crippen molar-refractivity contribution in [3.05, 3.63) is 23.8 Å². The lowest BCUT2D eigenvalue weighted by atomic mass is 10.2. The zero-order chi connectivity index (χ0) is 9.84. The van der Waals surface area contributed by atoms with Crippen molar-refractivity contribution in [2.45, 2.75) is 6.92 Å². The fourth-order valence-corrected chi connectivity index (χ4v) is 1.12. The Morgan fingerprint density at radius 1 is 1.46 bits per heavy atom. The van der Waals surface area contributed by atoms with Crippen molar-refractivity contribution >= 4 is 23.0 Å². The number of aryl methyl sites for hydroxylation is 1. The molecule has 4 nitrogen and oxygen atoms in total. The predicted octanol–water partition coefficient (Wildman–Crippen LogP) is 0.861. The number of phenols is 1. The van der Waals surface area contributed by atoms with Gasteiger partial charge in [-0.1, -0.05) is 0 Å². The van der Waals surface area contributed by atoms with E-state index in [2.05, 4.69) is 10.7 Å². The molecular formula is C8H11N3OS. The first-order valence-electron chi connectivity index (χ1n) is 3.70. The summed E-state index contributed by atoms with van der Waals surface area (Å²) in [5.41, 5.74) is 3.95. The van der Waals surface area contributed by atoms with Crippen LogP contribution < -0.4 is 16.6 Å². The highest BCUT2D eigenvalue weighted by Crippen LogP contribution is 2.18. The highest BCUT2D eigenvalue weighted by molar-refractivity contribution is 7.80. The molecule has 1 rings (SSSR count). The van der Waals surface area contributed by atoms with E-state index in [-0.39, 0.29) is 5.75 Å². The summed E-state index contributed by atoms with van der Waals surface area (Å²) in [7, 11) is 0. The van der Waals surface area contributed by atoms with Crippen LogP contribution in [0.1, 0.15) is 5.56 Å². The minimum atomic E-state index is 0.197. The maximum Gasteiger partial charge on any atom is 0.185 e. The van der Waals surface area contributed by atoms with Crippen LogP contribution in [0, 0.1) is 6.92 Å². The van der Waals surface area contributed by atoms with E-state index in [1.54, 1.807) is 12.1 Å². The van der Waals surface area contributed by atoms with Gasteiger partial charge in [0.2, 0.25) is 0 Å². The molecule has 0 bridgehead atoms. The van der Waals surface area contributed by atoms with E-state index in [9.17, 15) is 5.11 Å². The van der Waals surface area contributed by atoms with Gasteiger partial charge in [0, 0.05) is 11.8 Å². The lowest BCUT2D eigenvalue weighted by Crippen LogP contribution is -2.34. The molecule has 0 spiro atoms. The molecule has 0 unspecified atom stereocenters.